The van der Waals surface area contributed by atoms with Crippen LogP contribution in [0.3, 0.4) is 0 Å². The second-order valence-corrected chi connectivity index (χ2v) is 7.25. The summed E-state index contributed by atoms with van der Waals surface area (Å²) in [5, 5.41) is 23.5. The standard InChI is InChI=1S/C21H22N6O4/c1-11-7-15-17(30-11)8-12(21(28)24-19-5-6-27(2)25-19)9-18(15)31-13-3-4-14(16(22)10-13)20(23)26-29/h3-6,8-11,29H,7,22H2,1-2H3,(H2,23,26)(H,24,25,28). The number of fused-ring (bicyclic) bond motifs is 1. The van der Waals surface area contributed by atoms with Crippen LogP contribution in [0, 0.1) is 5.41 Å². The minimum atomic E-state index is -0.341. The van der Waals surface area contributed by atoms with Crippen molar-refractivity contribution < 1.29 is 19.5 Å². The highest BCUT2D eigenvalue weighted by atomic mass is 16.5. The minimum absolute atomic E-state index is 0.0463. The van der Waals surface area contributed by atoms with Gasteiger partial charge in [0.2, 0.25) is 0 Å². The molecule has 0 fully saturated rings. The fraction of sp³-hybridized carbons (Fsp3) is 0.190. The number of amides is 1. The van der Waals surface area contributed by atoms with Crippen LogP contribution in [0.2, 0.25) is 0 Å². The normalized spacial score (nSPS) is 14.5. The molecule has 160 valence electrons. The van der Waals surface area contributed by atoms with E-state index in [1.165, 1.54) is 0 Å². The molecule has 1 atom stereocenters. The van der Waals surface area contributed by atoms with E-state index in [1.807, 2.05) is 6.92 Å². The van der Waals surface area contributed by atoms with Gasteiger partial charge in [-0.3, -0.25) is 25.6 Å². The van der Waals surface area contributed by atoms with E-state index < -0.39 is 0 Å². The average molecular weight is 422 g/mol. The van der Waals surface area contributed by atoms with E-state index in [-0.39, 0.29) is 23.5 Å². The first kappa shape index (κ1) is 20.2. The maximum atomic E-state index is 12.8. The van der Waals surface area contributed by atoms with Crippen molar-refractivity contribution in [2.24, 2.45) is 7.05 Å². The van der Waals surface area contributed by atoms with Crippen LogP contribution in [0.15, 0.2) is 42.6 Å². The average Bonchev–Trinajstić information content (AvgIpc) is 3.31. The van der Waals surface area contributed by atoms with Crippen molar-refractivity contribution in [2.45, 2.75) is 19.4 Å². The molecule has 0 saturated heterocycles. The fourth-order valence-electron chi connectivity index (χ4n) is 3.38. The summed E-state index contributed by atoms with van der Waals surface area (Å²) in [5.74, 6) is 1.37. The molecule has 0 radical (unpaired) electrons. The Morgan fingerprint density at radius 3 is 2.84 bits per heavy atom. The lowest BCUT2D eigenvalue weighted by Gasteiger charge is -2.13. The molecule has 2 aromatic carbocycles. The van der Waals surface area contributed by atoms with Crippen molar-refractivity contribution >= 4 is 23.2 Å². The van der Waals surface area contributed by atoms with Gasteiger partial charge in [-0.25, -0.2) is 0 Å². The molecule has 4 rings (SSSR count). The Bertz CT molecular complexity index is 1170. The monoisotopic (exact) mass is 422 g/mol. The number of carbonyl (C=O) groups is 1. The van der Waals surface area contributed by atoms with E-state index in [4.69, 9.17) is 25.8 Å². The van der Waals surface area contributed by atoms with Gasteiger partial charge in [-0.1, -0.05) is 0 Å². The minimum Gasteiger partial charge on any atom is -0.490 e. The number of carbonyl (C=O) groups excluding carboxylic acids is 1. The summed E-state index contributed by atoms with van der Waals surface area (Å²) in [6.07, 6.45) is 2.33. The van der Waals surface area contributed by atoms with Crippen LogP contribution in [0.1, 0.15) is 28.4 Å². The van der Waals surface area contributed by atoms with Crippen LogP contribution in [0.4, 0.5) is 11.5 Å². The Morgan fingerprint density at radius 2 is 2.16 bits per heavy atom. The molecule has 3 aromatic rings. The Kier molecular flexibility index (Phi) is 5.22. The Balaban J connectivity index is 1.65. The first-order chi connectivity index (χ1) is 14.8. The van der Waals surface area contributed by atoms with Crippen molar-refractivity contribution in [3.63, 3.8) is 0 Å². The molecule has 0 bridgehead atoms. The summed E-state index contributed by atoms with van der Waals surface area (Å²) in [5.41, 5.74) is 9.56. The molecule has 1 amide bonds. The van der Waals surface area contributed by atoms with E-state index in [1.54, 1.807) is 59.8 Å². The maximum absolute atomic E-state index is 12.8. The fourth-order valence-corrected chi connectivity index (χ4v) is 3.38. The van der Waals surface area contributed by atoms with Gasteiger partial charge in [0, 0.05) is 54.2 Å². The summed E-state index contributed by atoms with van der Waals surface area (Å²) < 4.78 is 13.5. The number of hydrogen-bond acceptors (Lipinski definition) is 7. The number of hydrogen-bond donors (Lipinski definition) is 5. The molecular formula is C21H22N6O4. The zero-order valence-electron chi connectivity index (χ0n) is 17.0. The van der Waals surface area contributed by atoms with Crippen molar-refractivity contribution in [2.75, 3.05) is 11.1 Å². The molecule has 6 N–H and O–H groups in total. The number of nitrogens with one attached hydrogen (secondary N) is 3. The molecule has 31 heavy (non-hydrogen) atoms. The van der Waals surface area contributed by atoms with Gasteiger partial charge >= 0.3 is 0 Å². The van der Waals surface area contributed by atoms with Crippen LogP contribution in [0.5, 0.6) is 17.2 Å². The molecule has 10 nitrogen and oxygen atoms in total. The van der Waals surface area contributed by atoms with Gasteiger partial charge in [0.15, 0.2) is 11.7 Å². The summed E-state index contributed by atoms with van der Waals surface area (Å²) in [7, 11) is 1.77. The summed E-state index contributed by atoms with van der Waals surface area (Å²) >= 11 is 0. The number of hydroxylamine groups is 1. The first-order valence-electron chi connectivity index (χ1n) is 9.55. The Hall–Kier alpha value is -4.05. The van der Waals surface area contributed by atoms with Gasteiger partial charge in [-0.2, -0.15) is 5.10 Å². The number of nitrogens with two attached hydrogens (primary N) is 1. The number of nitrogens with zero attached hydrogens (tertiary/aromatic N) is 2. The van der Waals surface area contributed by atoms with Crippen molar-refractivity contribution in [3.05, 3.63) is 59.3 Å². The molecule has 1 unspecified atom stereocenters. The van der Waals surface area contributed by atoms with Gasteiger partial charge in [0.25, 0.3) is 5.91 Å². The Morgan fingerprint density at radius 1 is 1.35 bits per heavy atom. The smallest absolute Gasteiger partial charge is 0.257 e. The third-order valence-electron chi connectivity index (χ3n) is 4.84. The van der Waals surface area contributed by atoms with Gasteiger partial charge in [-0.15, -0.1) is 0 Å². The van der Waals surface area contributed by atoms with Crippen LogP contribution in [0.25, 0.3) is 0 Å². The molecule has 1 aromatic heterocycles. The number of amidine groups is 1. The number of aryl methyl sites for hydroxylation is 1. The topological polar surface area (TPSA) is 148 Å². The lowest BCUT2D eigenvalue weighted by atomic mass is 10.1. The molecule has 0 spiro atoms. The second kappa shape index (κ2) is 8.00. The summed E-state index contributed by atoms with van der Waals surface area (Å²) in [4.78, 5) is 12.8. The van der Waals surface area contributed by atoms with Crippen molar-refractivity contribution in [1.82, 2.24) is 15.3 Å². The van der Waals surface area contributed by atoms with E-state index >= 15 is 0 Å². The SMILES string of the molecule is CC1Cc2c(Oc3ccc(C(=N)NO)c(N)c3)cc(C(=O)Nc3ccn(C)n3)cc2O1. The lowest BCUT2D eigenvalue weighted by Crippen LogP contribution is -2.20. The maximum Gasteiger partial charge on any atom is 0.257 e. The molecule has 0 saturated carbocycles. The van der Waals surface area contributed by atoms with Crippen LogP contribution < -0.4 is 26.0 Å². The molecule has 0 aliphatic carbocycles. The summed E-state index contributed by atoms with van der Waals surface area (Å²) in [6.45, 7) is 1.94. The first-order valence-corrected chi connectivity index (χ1v) is 9.55. The number of ether oxygens (including phenoxy) is 2. The largest absolute Gasteiger partial charge is 0.490 e. The third kappa shape index (κ3) is 4.14. The van der Waals surface area contributed by atoms with E-state index in [9.17, 15) is 4.79 Å². The highest BCUT2D eigenvalue weighted by Crippen LogP contribution is 2.40. The van der Waals surface area contributed by atoms with E-state index in [0.717, 1.165) is 5.56 Å². The molecule has 1 aliphatic rings. The third-order valence-corrected chi connectivity index (χ3v) is 4.84. The van der Waals surface area contributed by atoms with Crippen LogP contribution in [-0.4, -0.2) is 32.8 Å². The van der Waals surface area contributed by atoms with Crippen LogP contribution >= 0.6 is 0 Å². The van der Waals surface area contributed by atoms with Crippen LogP contribution in [-0.2, 0) is 13.5 Å². The van der Waals surface area contributed by atoms with Gasteiger partial charge in [0.05, 0.1) is 0 Å². The highest BCUT2D eigenvalue weighted by molar-refractivity contribution is 6.04. The lowest BCUT2D eigenvalue weighted by molar-refractivity contribution is 0.102. The highest BCUT2D eigenvalue weighted by Gasteiger charge is 2.26. The van der Waals surface area contributed by atoms with E-state index in [0.29, 0.717) is 40.6 Å². The predicted molar refractivity (Wildman–Crippen MR) is 114 cm³/mol. The number of anilines is 2. The Labute approximate surface area is 178 Å². The number of rotatable bonds is 5. The molecule has 1 aliphatic heterocycles. The van der Waals surface area contributed by atoms with Gasteiger partial charge in [0.1, 0.15) is 23.4 Å². The van der Waals surface area contributed by atoms with Crippen molar-refractivity contribution in [3.8, 4) is 17.2 Å². The molecule has 2 heterocycles. The number of aromatic nitrogens is 2. The molecule has 10 heteroatoms. The zero-order chi connectivity index (χ0) is 22.1. The summed E-state index contributed by atoms with van der Waals surface area (Å²) in [6, 6.07) is 9.78. The van der Waals surface area contributed by atoms with Gasteiger partial charge in [-0.05, 0) is 31.2 Å². The van der Waals surface area contributed by atoms with E-state index in [2.05, 4.69) is 10.4 Å². The molecular weight excluding hydrogens is 400 g/mol. The van der Waals surface area contributed by atoms with Crippen molar-refractivity contribution in [1.29, 1.82) is 5.41 Å². The second-order valence-electron chi connectivity index (χ2n) is 7.25. The quantitative estimate of drug-likeness (QED) is 0.184. The zero-order valence-corrected chi connectivity index (χ0v) is 17.0. The predicted octanol–water partition coefficient (Wildman–Crippen LogP) is 2.67. The number of nitrogen functional groups attached to an aromatic ring is 1. The van der Waals surface area contributed by atoms with Gasteiger partial charge < -0.3 is 20.5 Å². The number of benzene rings is 2.